The lowest BCUT2D eigenvalue weighted by atomic mass is 9.97. The topological polar surface area (TPSA) is 61.5 Å². The van der Waals surface area contributed by atoms with Crippen LogP contribution in [0.3, 0.4) is 0 Å². The molecule has 1 atom stereocenters. The average molecular weight is 368 g/mol. The van der Waals surface area contributed by atoms with Crippen LogP contribution in [0.1, 0.15) is 36.0 Å². The van der Waals surface area contributed by atoms with Crippen LogP contribution in [-0.4, -0.2) is 71.3 Å². The van der Waals surface area contributed by atoms with Crippen molar-refractivity contribution in [2.75, 3.05) is 39.4 Å². The van der Waals surface area contributed by atoms with Crippen LogP contribution < -0.4 is 0 Å². The predicted octanol–water partition coefficient (Wildman–Crippen LogP) is 2.79. The number of aromatic amines is 1. The number of carbonyl (C=O) groups excluding carboxylic acids is 1. The van der Waals surface area contributed by atoms with Crippen molar-refractivity contribution in [3.8, 4) is 11.3 Å². The normalized spacial score (nSPS) is 21.3. The van der Waals surface area contributed by atoms with Crippen LogP contribution in [0.25, 0.3) is 11.3 Å². The number of likely N-dealkylation sites (tertiary alicyclic amines) is 1. The summed E-state index contributed by atoms with van der Waals surface area (Å²) < 4.78 is 5.43. The van der Waals surface area contributed by atoms with E-state index < -0.39 is 0 Å². The number of hydrogen-bond acceptors (Lipinski definition) is 4. The molecule has 2 aromatic rings. The average Bonchev–Trinajstić information content (AvgIpc) is 3.28. The van der Waals surface area contributed by atoms with Gasteiger partial charge in [0, 0.05) is 44.0 Å². The van der Waals surface area contributed by atoms with Crippen LogP contribution in [0.4, 0.5) is 0 Å². The summed E-state index contributed by atoms with van der Waals surface area (Å²) in [7, 11) is 0. The van der Waals surface area contributed by atoms with Crippen molar-refractivity contribution in [2.45, 2.75) is 31.7 Å². The van der Waals surface area contributed by atoms with Gasteiger partial charge in [-0.2, -0.15) is 5.10 Å². The molecule has 144 valence electrons. The van der Waals surface area contributed by atoms with E-state index in [1.165, 1.54) is 6.42 Å². The Morgan fingerprint density at radius 3 is 2.67 bits per heavy atom. The minimum Gasteiger partial charge on any atom is -0.379 e. The van der Waals surface area contributed by atoms with Crippen LogP contribution >= 0.6 is 0 Å². The number of carbonyl (C=O) groups is 1. The first-order valence-corrected chi connectivity index (χ1v) is 10.0. The lowest BCUT2D eigenvalue weighted by Gasteiger charge is -2.37. The van der Waals surface area contributed by atoms with E-state index in [-0.39, 0.29) is 5.91 Å². The van der Waals surface area contributed by atoms with Crippen molar-refractivity contribution in [1.29, 1.82) is 0 Å². The summed E-state index contributed by atoms with van der Waals surface area (Å²) in [5.74, 6) is 0.165. The summed E-state index contributed by atoms with van der Waals surface area (Å²) in [6.45, 7) is 5.60. The fourth-order valence-electron chi connectivity index (χ4n) is 4.10. The number of H-pyrrole nitrogens is 1. The van der Waals surface area contributed by atoms with Gasteiger partial charge in [0.15, 0.2) is 0 Å². The number of benzene rings is 1. The van der Waals surface area contributed by atoms with E-state index >= 15 is 0 Å². The van der Waals surface area contributed by atoms with Crippen LogP contribution in [0, 0.1) is 0 Å². The zero-order chi connectivity index (χ0) is 18.5. The zero-order valence-corrected chi connectivity index (χ0v) is 15.8. The number of aromatic nitrogens is 2. The molecule has 2 aliphatic rings. The Balaban J connectivity index is 1.40. The Bertz CT molecular complexity index is 723. The molecule has 27 heavy (non-hydrogen) atoms. The second-order valence-electron chi connectivity index (χ2n) is 7.44. The second kappa shape index (κ2) is 8.67. The zero-order valence-electron chi connectivity index (χ0n) is 15.8. The highest BCUT2D eigenvalue weighted by Crippen LogP contribution is 2.24. The minimum absolute atomic E-state index is 0.165. The number of ether oxygens (including phenoxy) is 1. The molecule has 6 heteroatoms. The van der Waals surface area contributed by atoms with Gasteiger partial charge in [-0.25, -0.2) is 0 Å². The molecule has 4 rings (SSSR count). The molecule has 2 fully saturated rings. The molecule has 0 aliphatic carbocycles. The van der Waals surface area contributed by atoms with Gasteiger partial charge in [0.05, 0.1) is 18.9 Å². The maximum atomic E-state index is 13.1. The molecule has 0 spiro atoms. The molecular formula is C21H28N4O2. The molecule has 2 aliphatic heterocycles. The summed E-state index contributed by atoms with van der Waals surface area (Å²) in [6.07, 6.45) is 6.23. The van der Waals surface area contributed by atoms with Crippen molar-refractivity contribution in [2.24, 2.45) is 0 Å². The summed E-state index contributed by atoms with van der Waals surface area (Å²) in [6, 6.07) is 10.1. The molecule has 0 bridgehead atoms. The minimum atomic E-state index is 0.165. The van der Waals surface area contributed by atoms with Crippen molar-refractivity contribution < 1.29 is 9.53 Å². The van der Waals surface area contributed by atoms with E-state index in [0.717, 1.165) is 75.5 Å². The second-order valence-corrected chi connectivity index (χ2v) is 7.44. The lowest BCUT2D eigenvalue weighted by Crippen LogP contribution is -2.46. The molecular weight excluding hydrogens is 340 g/mol. The molecule has 3 heterocycles. The van der Waals surface area contributed by atoms with Crippen molar-refractivity contribution in [1.82, 2.24) is 20.0 Å². The van der Waals surface area contributed by atoms with Gasteiger partial charge in [0.1, 0.15) is 0 Å². The largest absolute Gasteiger partial charge is 0.379 e. The van der Waals surface area contributed by atoms with Crippen LogP contribution in [0.2, 0.25) is 0 Å². The number of morpholine rings is 1. The van der Waals surface area contributed by atoms with Gasteiger partial charge in [0.25, 0.3) is 5.91 Å². The van der Waals surface area contributed by atoms with Gasteiger partial charge in [-0.15, -0.1) is 0 Å². The first-order valence-electron chi connectivity index (χ1n) is 10.0. The predicted molar refractivity (Wildman–Crippen MR) is 105 cm³/mol. The van der Waals surface area contributed by atoms with Gasteiger partial charge >= 0.3 is 0 Å². The Kier molecular flexibility index (Phi) is 5.84. The number of rotatable bonds is 5. The molecule has 1 aromatic heterocycles. The number of piperidine rings is 1. The van der Waals surface area contributed by atoms with Gasteiger partial charge in [-0.1, -0.05) is 12.1 Å². The maximum Gasteiger partial charge on any atom is 0.254 e. The Labute approximate surface area is 160 Å². The van der Waals surface area contributed by atoms with Crippen LogP contribution in [0.15, 0.2) is 36.5 Å². The summed E-state index contributed by atoms with van der Waals surface area (Å²) in [5.41, 5.74) is 2.79. The third-order valence-electron chi connectivity index (χ3n) is 5.71. The fraction of sp³-hybridized carbons (Fsp3) is 0.524. The van der Waals surface area contributed by atoms with Crippen LogP contribution in [-0.2, 0) is 4.74 Å². The van der Waals surface area contributed by atoms with Gasteiger partial charge in [-0.3, -0.25) is 14.8 Å². The maximum absolute atomic E-state index is 13.1. The van der Waals surface area contributed by atoms with E-state index in [4.69, 9.17) is 4.74 Å². The summed E-state index contributed by atoms with van der Waals surface area (Å²) >= 11 is 0. The lowest BCUT2D eigenvalue weighted by molar-refractivity contribution is 0.0296. The molecule has 1 N–H and O–H groups in total. The van der Waals surface area contributed by atoms with Gasteiger partial charge in [0.2, 0.25) is 0 Å². The number of amides is 1. The first kappa shape index (κ1) is 18.2. The van der Waals surface area contributed by atoms with Gasteiger partial charge < -0.3 is 9.64 Å². The van der Waals surface area contributed by atoms with E-state index in [2.05, 4.69) is 20.0 Å². The Morgan fingerprint density at radius 1 is 1.11 bits per heavy atom. The smallest absolute Gasteiger partial charge is 0.254 e. The summed E-state index contributed by atoms with van der Waals surface area (Å²) in [4.78, 5) is 17.7. The molecule has 0 saturated carbocycles. The van der Waals surface area contributed by atoms with Crippen molar-refractivity contribution in [3.05, 3.63) is 42.1 Å². The summed E-state index contributed by atoms with van der Waals surface area (Å²) in [5, 5.41) is 6.95. The number of nitrogens with zero attached hydrogens (tertiary/aromatic N) is 3. The highest BCUT2D eigenvalue weighted by molar-refractivity contribution is 5.95. The first-order chi connectivity index (χ1) is 13.3. The fourth-order valence-corrected chi connectivity index (χ4v) is 4.10. The quantitative estimate of drug-likeness (QED) is 0.882. The number of hydrogen-bond donors (Lipinski definition) is 1. The van der Waals surface area contributed by atoms with Crippen molar-refractivity contribution >= 4 is 5.91 Å². The Morgan fingerprint density at radius 2 is 1.93 bits per heavy atom. The standard InChI is InChI=1S/C21H28N4O2/c26-21(18-6-4-17(5-7-18)20-8-10-22-23-20)25-11-2-1-3-19(25)9-12-24-13-15-27-16-14-24/h4-8,10,19H,1-3,9,11-16H2,(H,22,23)/t19-/m0/s1. The molecule has 1 amide bonds. The molecule has 1 aromatic carbocycles. The monoisotopic (exact) mass is 368 g/mol. The van der Waals surface area contributed by atoms with E-state index in [9.17, 15) is 4.79 Å². The Hall–Kier alpha value is -2.18. The van der Waals surface area contributed by atoms with E-state index in [1.54, 1.807) is 6.20 Å². The highest BCUT2D eigenvalue weighted by Gasteiger charge is 2.28. The highest BCUT2D eigenvalue weighted by atomic mass is 16.5. The third kappa shape index (κ3) is 4.39. The molecule has 6 nitrogen and oxygen atoms in total. The molecule has 0 radical (unpaired) electrons. The molecule has 2 saturated heterocycles. The van der Waals surface area contributed by atoms with Gasteiger partial charge in [-0.05, 0) is 49.4 Å². The van der Waals surface area contributed by atoms with E-state index in [1.807, 2.05) is 30.3 Å². The SMILES string of the molecule is O=C(c1ccc(-c2ccn[nH]2)cc1)N1CCCC[C@H]1CCN1CCOCC1. The third-order valence-corrected chi connectivity index (χ3v) is 5.71. The van der Waals surface area contributed by atoms with Crippen molar-refractivity contribution in [3.63, 3.8) is 0 Å². The number of nitrogens with one attached hydrogen (secondary N) is 1. The molecule has 0 unspecified atom stereocenters. The van der Waals surface area contributed by atoms with Crippen LogP contribution in [0.5, 0.6) is 0 Å². The van der Waals surface area contributed by atoms with E-state index in [0.29, 0.717) is 6.04 Å².